The molecule has 14 nitrogen and oxygen atoms in total. The van der Waals surface area contributed by atoms with Crippen LogP contribution in [0.25, 0.3) is 0 Å². The topological polar surface area (TPSA) is 198 Å². The Morgan fingerprint density at radius 1 is 0.915 bits per heavy atom. The van der Waals surface area contributed by atoms with E-state index in [9.17, 15) is 28.8 Å². The van der Waals surface area contributed by atoms with Crippen LogP contribution in [-0.4, -0.2) is 77.9 Å². The van der Waals surface area contributed by atoms with Crippen LogP contribution < -0.4 is 21.3 Å². The number of hydrogen-bond acceptors (Lipinski definition) is 10. The van der Waals surface area contributed by atoms with E-state index >= 15 is 0 Å². The van der Waals surface area contributed by atoms with Crippen molar-refractivity contribution in [2.45, 2.75) is 90.6 Å². The summed E-state index contributed by atoms with van der Waals surface area (Å²) in [5, 5.41) is 14.5. The second kappa shape index (κ2) is 17.4. The molecule has 256 valence electrons. The zero-order valence-corrected chi connectivity index (χ0v) is 27.5. The fourth-order valence-electron chi connectivity index (χ4n) is 4.90. The highest BCUT2D eigenvalue weighted by molar-refractivity contribution is 5.98. The van der Waals surface area contributed by atoms with Gasteiger partial charge < -0.3 is 35.3 Å². The van der Waals surface area contributed by atoms with Crippen LogP contribution in [0, 0.1) is 11.8 Å². The van der Waals surface area contributed by atoms with Gasteiger partial charge in [0.05, 0.1) is 31.3 Å². The minimum atomic E-state index is -1.05. The summed E-state index contributed by atoms with van der Waals surface area (Å²) in [6.45, 7) is 9.38. The van der Waals surface area contributed by atoms with E-state index in [4.69, 9.17) is 9.26 Å². The number of ether oxygens (including phenoxy) is 2. The van der Waals surface area contributed by atoms with Crippen molar-refractivity contribution in [2.75, 3.05) is 13.2 Å². The number of nitrogens with zero attached hydrogens (tertiary/aromatic N) is 1. The molecule has 1 aromatic heterocycles. The van der Waals surface area contributed by atoms with E-state index in [-0.39, 0.29) is 68.0 Å². The van der Waals surface area contributed by atoms with Gasteiger partial charge in [0.15, 0.2) is 18.2 Å². The molecule has 0 spiro atoms. The van der Waals surface area contributed by atoms with Crippen molar-refractivity contribution in [1.29, 1.82) is 0 Å². The minimum Gasteiger partial charge on any atom is -0.460 e. The molecule has 0 saturated carbocycles. The van der Waals surface area contributed by atoms with Crippen LogP contribution in [0.3, 0.4) is 0 Å². The first-order valence-electron chi connectivity index (χ1n) is 15.7. The Kier molecular flexibility index (Phi) is 13.6. The number of epoxide rings is 1. The number of aromatic nitrogens is 1. The average molecular weight is 656 g/mol. The SMILES string of the molecule is CC(C)C[C@H](NC(=O)CNC(=O)Cc1cc(COC=O)on1)C(=O)N[C@@H](Cc1ccccc1)C(=O)N[C@@H](CC(C)C)C(=O)C1(C)CO1. The van der Waals surface area contributed by atoms with Crippen molar-refractivity contribution in [3.05, 3.63) is 53.4 Å². The average Bonchev–Trinajstić information content (AvgIpc) is 3.62. The summed E-state index contributed by atoms with van der Waals surface area (Å²) < 4.78 is 14.9. The van der Waals surface area contributed by atoms with Crippen LogP contribution in [0.4, 0.5) is 0 Å². The summed E-state index contributed by atoms with van der Waals surface area (Å²) in [5.74, 6) is -2.08. The molecule has 1 aliphatic heterocycles. The molecule has 4 amide bonds. The molecule has 1 saturated heterocycles. The molecule has 4 atom stereocenters. The third kappa shape index (κ3) is 12.3. The molecule has 1 fully saturated rings. The molecule has 2 aromatic rings. The molecule has 0 bridgehead atoms. The molecule has 47 heavy (non-hydrogen) atoms. The first kappa shape index (κ1) is 36.9. The summed E-state index contributed by atoms with van der Waals surface area (Å²) in [6, 6.07) is 7.75. The fourth-order valence-corrected chi connectivity index (χ4v) is 4.90. The van der Waals surface area contributed by atoms with Gasteiger partial charge in [-0.25, -0.2) is 0 Å². The van der Waals surface area contributed by atoms with Crippen LogP contribution in [-0.2, 0) is 57.7 Å². The Hall–Kier alpha value is -4.59. The minimum absolute atomic E-state index is 0.000995. The van der Waals surface area contributed by atoms with Gasteiger partial charge in [0.1, 0.15) is 17.7 Å². The number of nitrogens with one attached hydrogen (secondary N) is 4. The molecular formula is C33H45N5O9. The van der Waals surface area contributed by atoms with Gasteiger partial charge in [-0.15, -0.1) is 0 Å². The van der Waals surface area contributed by atoms with Crippen molar-refractivity contribution in [1.82, 2.24) is 26.4 Å². The molecule has 0 aliphatic carbocycles. The zero-order valence-electron chi connectivity index (χ0n) is 27.5. The number of amides is 4. The Labute approximate surface area is 274 Å². The van der Waals surface area contributed by atoms with Gasteiger partial charge in [0.25, 0.3) is 6.47 Å². The molecule has 14 heteroatoms. The van der Waals surface area contributed by atoms with E-state index < -0.39 is 53.9 Å². The van der Waals surface area contributed by atoms with Gasteiger partial charge in [0, 0.05) is 12.5 Å². The monoisotopic (exact) mass is 655 g/mol. The van der Waals surface area contributed by atoms with Crippen LogP contribution >= 0.6 is 0 Å². The van der Waals surface area contributed by atoms with Gasteiger partial charge >= 0.3 is 0 Å². The number of rotatable bonds is 20. The number of hydrogen-bond donors (Lipinski definition) is 4. The van der Waals surface area contributed by atoms with E-state index in [1.54, 1.807) is 6.92 Å². The first-order valence-corrected chi connectivity index (χ1v) is 15.7. The second-order valence-electron chi connectivity index (χ2n) is 12.7. The highest BCUT2D eigenvalue weighted by Gasteiger charge is 2.50. The Morgan fingerprint density at radius 3 is 2.15 bits per heavy atom. The van der Waals surface area contributed by atoms with Crippen molar-refractivity contribution in [2.24, 2.45) is 11.8 Å². The lowest BCUT2D eigenvalue weighted by molar-refractivity contribution is -0.134. The van der Waals surface area contributed by atoms with Crippen molar-refractivity contribution in [3.8, 4) is 0 Å². The molecule has 1 unspecified atom stereocenters. The summed E-state index contributed by atoms with van der Waals surface area (Å²) >= 11 is 0. The number of ketones is 1. The van der Waals surface area contributed by atoms with Gasteiger partial charge in [0.2, 0.25) is 23.6 Å². The van der Waals surface area contributed by atoms with E-state index in [0.29, 0.717) is 6.42 Å². The van der Waals surface area contributed by atoms with Crippen molar-refractivity contribution in [3.63, 3.8) is 0 Å². The summed E-state index contributed by atoms with van der Waals surface area (Å²) in [7, 11) is 0. The van der Waals surface area contributed by atoms with E-state index in [0.717, 1.165) is 5.56 Å². The smallest absolute Gasteiger partial charge is 0.293 e. The second-order valence-corrected chi connectivity index (χ2v) is 12.7. The summed E-state index contributed by atoms with van der Waals surface area (Å²) in [6.07, 6.45) is 0.632. The summed E-state index contributed by atoms with van der Waals surface area (Å²) in [4.78, 5) is 76.0. The lowest BCUT2D eigenvalue weighted by atomic mass is 9.93. The Bertz CT molecular complexity index is 1390. The fraction of sp³-hybridized carbons (Fsp3) is 0.545. The van der Waals surface area contributed by atoms with E-state index in [1.807, 2.05) is 58.0 Å². The standard InChI is InChI=1S/C33H45N5O9/c1-20(2)11-25(30(42)33(5)18-46-33)36-32(44)27(13-22-9-7-6-8-10-22)37-31(43)26(12-21(3)4)35-29(41)16-34-28(40)15-23-14-24(47-38-23)17-45-19-39/h6-10,14,19-21,25-27H,11-13,15-18H2,1-5H3,(H,34,40)(H,35,41)(H,36,44)(H,37,43)/t25-,26-,27-,33?/m0/s1. The quantitative estimate of drug-likeness (QED) is 0.119. The molecule has 2 heterocycles. The van der Waals surface area contributed by atoms with Gasteiger partial charge in [-0.1, -0.05) is 63.2 Å². The lowest BCUT2D eigenvalue weighted by Crippen LogP contribution is -2.58. The molecule has 1 aliphatic rings. The Balaban J connectivity index is 1.66. The largest absolute Gasteiger partial charge is 0.460 e. The maximum absolute atomic E-state index is 13.7. The predicted octanol–water partition coefficient (Wildman–Crippen LogP) is 1.15. The molecule has 0 radical (unpaired) electrons. The lowest BCUT2D eigenvalue weighted by Gasteiger charge is -2.27. The number of carbonyl (C=O) groups is 6. The van der Waals surface area contributed by atoms with Crippen molar-refractivity contribution >= 4 is 35.9 Å². The maximum Gasteiger partial charge on any atom is 0.293 e. The number of benzene rings is 1. The van der Waals surface area contributed by atoms with E-state index in [1.165, 1.54) is 6.07 Å². The van der Waals surface area contributed by atoms with Gasteiger partial charge in [-0.05, 0) is 37.2 Å². The molecule has 4 N–H and O–H groups in total. The first-order chi connectivity index (χ1) is 22.3. The number of carbonyl (C=O) groups excluding carboxylic acids is 6. The van der Waals surface area contributed by atoms with Gasteiger partial charge in [-0.3, -0.25) is 28.8 Å². The molecule has 1 aromatic carbocycles. The summed E-state index contributed by atoms with van der Waals surface area (Å²) in [5.41, 5.74) is 0.139. The zero-order chi connectivity index (χ0) is 34.6. The predicted molar refractivity (Wildman–Crippen MR) is 168 cm³/mol. The maximum atomic E-state index is 13.7. The van der Waals surface area contributed by atoms with Crippen molar-refractivity contribution < 1.29 is 42.8 Å². The normalized spacial score (nSPS) is 17.3. The van der Waals surface area contributed by atoms with Crippen LogP contribution in [0.15, 0.2) is 40.9 Å². The van der Waals surface area contributed by atoms with Gasteiger partial charge in [-0.2, -0.15) is 0 Å². The third-order valence-electron chi connectivity index (χ3n) is 7.40. The van der Waals surface area contributed by atoms with Crippen LogP contribution in [0.2, 0.25) is 0 Å². The third-order valence-corrected chi connectivity index (χ3v) is 7.40. The number of Topliss-reactive ketones (excluding diaryl/α,β-unsaturated/α-hetero) is 1. The molecular weight excluding hydrogens is 610 g/mol. The highest BCUT2D eigenvalue weighted by atomic mass is 16.6. The Morgan fingerprint density at radius 2 is 1.53 bits per heavy atom. The van der Waals surface area contributed by atoms with E-state index in [2.05, 4.69) is 31.2 Å². The van der Waals surface area contributed by atoms with Crippen LogP contribution in [0.1, 0.15) is 64.5 Å². The highest BCUT2D eigenvalue weighted by Crippen LogP contribution is 2.29. The van der Waals surface area contributed by atoms with Crippen LogP contribution in [0.5, 0.6) is 0 Å². The molecule has 3 rings (SSSR count).